The maximum absolute atomic E-state index is 13.4. The number of aliphatic carboxylic acids is 2. The van der Waals surface area contributed by atoms with E-state index >= 15 is 0 Å². The Kier molecular flexibility index (Phi) is 6.54. The highest BCUT2D eigenvalue weighted by molar-refractivity contribution is 5.91. The van der Waals surface area contributed by atoms with Gasteiger partial charge in [-0.2, -0.15) is 0 Å². The van der Waals surface area contributed by atoms with E-state index in [1.807, 2.05) is 12.2 Å². The lowest BCUT2D eigenvalue weighted by atomic mass is 9.86. The smallest absolute Gasteiger partial charge is 0.413 e. The molecule has 13 heteroatoms. The largest absolute Gasteiger partial charge is 0.481 e. The van der Waals surface area contributed by atoms with E-state index < -0.39 is 42.1 Å². The molecule has 0 radical (unpaired) electrons. The molecule has 0 unspecified atom stereocenters. The first-order chi connectivity index (χ1) is 19.0. The number of esters is 1. The lowest BCUT2D eigenvalue weighted by Crippen LogP contribution is -2.44. The number of ether oxygens (including phenoxy) is 2. The second-order valence-electron chi connectivity index (χ2n) is 9.58. The van der Waals surface area contributed by atoms with Gasteiger partial charge in [0.2, 0.25) is 0 Å². The number of pyridine rings is 2. The second-order valence-corrected chi connectivity index (χ2v) is 9.58. The summed E-state index contributed by atoms with van der Waals surface area (Å²) in [6.45, 7) is 3.50. The summed E-state index contributed by atoms with van der Waals surface area (Å²) in [6, 6.07) is 4.57. The van der Waals surface area contributed by atoms with Crippen molar-refractivity contribution in [1.82, 2.24) is 14.9 Å². The van der Waals surface area contributed by atoms with E-state index in [-0.39, 0.29) is 42.0 Å². The summed E-state index contributed by atoms with van der Waals surface area (Å²) in [5.74, 6) is -3.64. The third kappa shape index (κ3) is 4.24. The molecule has 5 rings (SSSR count). The van der Waals surface area contributed by atoms with Crippen LogP contribution in [0.25, 0.3) is 22.3 Å². The standard InChI is InChI=1S/C27H25N3O10/c1-3-13-14-7-12(40-26(37)29-19(24(34)35)9-21(31)32)5-6-18(14)28-22-15(13)10-30-20(22)8-17-16(23(30)33)11-39-25(36)27(17,38)4-2/h5-8,19,38H,3-4,9-11H2,1-2H3,(H,29,37)(H,31,32)(H,34,35)/t19-,27+/m1/s1. The third-order valence-electron chi connectivity index (χ3n) is 7.31. The van der Waals surface area contributed by atoms with Gasteiger partial charge in [-0.1, -0.05) is 13.8 Å². The van der Waals surface area contributed by atoms with Gasteiger partial charge < -0.3 is 34.7 Å². The van der Waals surface area contributed by atoms with Crippen LogP contribution < -0.4 is 15.6 Å². The molecule has 40 heavy (non-hydrogen) atoms. The quantitative estimate of drug-likeness (QED) is 0.244. The molecule has 0 bridgehead atoms. The molecule has 0 saturated carbocycles. The van der Waals surface area contributed by atoms with Crippen molar-refractivity contribution in [3.63, 3.8) is 0 Å². The Bertz CT molecular complexity index is 1680. The molecule has 13 nitrogen and oxygen atoms in total. The van der Waals surface area contributed by atoms with E-state index in [1.165, 1.54) is 10.6 Å². The summed E-state index contributed by atoms with van der Waals surface area (Å²) in [5, 5.41) is 31.7. The van der Waals surface area contributed by atoms with Crippen LogP contribution in [0.15, 0.2) is 29.1 Å². The zero-order valence-electron chi connectivity index (χ0n) is 21.5. The lowest BCUT2D eigenvalue weighted by molar-refractivity contribution is -0.172. The first kappa shape index (κ1) is 26.8. The van der Waals surface area contributed by atoms with Gasteiger partial charge in [0.25, 0.3) is 5.56 Å². The van der Waals surface area contributed by atoms with Gasteiger partial charge in [0, 0.05) is 16.5 Å². The number of hydrogen-bond acceptors (Lipinski definition) is 9. The molecule has 0 saturated heterocycles. The zero-order valence-corrected chi connectivity index (χ0v) is 21.5. The molecular weight excluding hydrogens is 526 g/mol. The number of nitrogens with one attached hydrogen (secondary N) is 1. The molecule has 2 aromatic heterocycles. The number of aryl methyl sites for hydroxylation is 1. The fraction of sp³-hybridized carbons (Fsp3) is 0.333. The number of carbonyl (C=O) groups excluding carboxylic acids is 2. The van der Waals surface area contributed by atoms with Crippen LogP contribution in [0, 0.1) is 0 Å². The molecular formula is C27H25N3O10. The minimum absolute atomic E-state index is 0.0276. The fourth-order valence-corrected chi connectivity index (χ4v) is 5.26. The van der Waals surface area contributed by atoms with Crippen molar-refractivity contribution in [1.29, 1.82) is 0 Å². The Morgan fingerprint density at radius 2 is 1.93 bits per heavy atom. The minimum atomic E-state index is -1.94. The monoisotopic (exact) mass is 551 g/mol. The zero-order chi connectivity index (χ0) is 28.9. The van der Waals surface area contributed by atoms with Crippen molar-refractivity contribution in [3.8, 4) is 17.1 Å². The van der Waals surface area contributed by atoms with Gasteiger partial charge in [0.05, 0.1) is 35.4 Å². The van der Waals surface area contributed by atoms with Crippen molar-refractivity contribution in [2.24, 2.45) is 0 Å². The first-order valence-electron chi connectivity index (χ1n) is 12.5. The summed E-state index contributed by atoms with van der Waals surface area (Å²) in [4.78, 5) is 65.0. The summed E-state index contributed by atoms with van der Waals surface area (Å²) in [5.41, 5.74) is 1.23. The van der Waals surface area contributed by atoms with Crippen LogP contribution in [0.2, 0.25) is 0 Å². The number of rotatable bonds is 7. The number of aliphatic hydroxyl groups is 1. The molecule has 208 valence electrons. The van der Waals surface area contributed by atoms with Crippen molar-refractivity contribution in [2.45, 2.75) is 57.9 Å². The van der Waals surface area contributed by atoms with Crippen LogP contribution in [-0.4, -0.2) is 54.9 Å². The minimum Gasteiger partial charge on any atom is -0.481 e. The molecule has 4 heterocycles. The number of carbonyl (C=O) groups is 4. The number of aromatic nitrogens is 2. The summed E-state index contributed by atoms with van der Waals surface area (Å²) in [7, 11) is 0. The second kappa shape index (κ2) is 9.75. The third-order valence-corrected chi connectivity index (χ3v) is 7.31. The van der Waals surface area contributed by atoms with Gasteiger partial charge >= 0.3 is 24.0 Å². The molecule has 3 aromatic rings. The van der Waals surface area contributed by atoms with E-state index in [0.29, 0.717) is 28.7 Å². The van der Waals surface area contributed by atoms with E-state index in [2.05, 4.69) is 0 Å². The van der Waals surface area contributed by atoms with Crippen LogP contribution in [0.5, 0.6) is 5.75 Å². The van der Waals surface area contributed by atoms with Crippen molar-refractivity contribution in [2.75, 3.05) is 0 Å². The Hall–Kier alpha value is -4.78. The van der Waals surface area contributed by atoms with Gasteiger partial charge in [-0.25, -0.2) is 19.4 Å². The number of hydrogen-bond donors (Lipinski definition) is 4. The molecule has 1 amide bonds. The van der Waals surface area contributed by atoms with Crippen LogP contribution in [0.4, 0.5) is 4.79 Å². The molecule has 4 N–H and O–H groups in total. The van der Waals surface area contributed by atoms with Crippen LogP contribution in [-0.2, 0) is 44.3 Å². The van der Waals surface area contributed by atoms with Gasteiger partial charge in [0.15, 0.2) is 5.60 Å². The summed E-state index contributed by atoms with van der Waals surface area (Å²) < 4.78 is 11.9. The van der Waals surface area contributed by atoms with E-state index in [4.69, 9.17) is 24.7 Å². The van der Waals surface area contributed by atoms with Crippen molar-refractivity contribution in [3.05, 3.63) is 56.9 Å². The molecule has 2 atom stereocenters. The molecule has 0 fully saturated rings. The van der Waals surface area contributed by atoms with Crippen molar-refractivity contribution < 1.29 is 44.0 Å². The number of amides is 1. The maximum atomic E-state index is 13.4. The number of nitrogens with zero attached hydrogens (tertiary/aromatic N) is 2. The Labute approximate surface area is 226 Å². The average molecular weight is 552 g/mol. The number of cyclic esters (lactones) is 1. The Morgan fingerprint density at radius 1 is 1.18 bits per heavy atom. The maximum Gasteiger partial charge on any atom is 0.413 e. The van der Waals surface area contributed by atoms with E-state index in [9.17, 15) is 29.1 Å². The highest BCUT2D eigenvalue weighted by atomic mass is 16.6. The number of fused-ring (bicyclic) bond motifs is 5. The van der Waals surface area contributed by atoms with E-state index in [1.54, 1.807) is 25.1 Å². The molecule has 2 aliphatic rings. The fourth-order valence-electron chi connectivity index (χ4n) is 5.26. The highest BCUT2D eigenvalue weighted by Gasteiger charge is 2.45. The van der Waals surface area contributed by atoms with Crippen molar-refractivity contribution >= 4 is 34.9 Å². The number of benzene rings is 1. The molecule has 0 aliphatic carbocycles. The first-order valence-corrected chi connectivity index (χ1v) is 12.5. The SMILES string of the molecule is CCc1c2c(nc3ccc(OC(=O)N[C@H](CC(=O)O)C(=O)O)cc13)-c1cc3c(c(=O)n1C2)COC(=O)[C@]3(O)CC. The lowest BCUT2D eigenvalue weighted by Gasteiger charge is -2.31. The topological polar surface area (TPSA) is 194 Å². The molecule has 1 aromatic carbocycles. The molecule has 0 spiro atoms. The summed E-state index contributed by atoms with van der Waals surface area (Å²) in [6.07, 6.45) is -1.40. The van der Waals surface area contributed by atoms with Crippen LogP contribution in [0.3, 0.4) is 0 Å². The number of carboxylic acids is 2. The normalized spacial score (nSPS) is 17.8. The average Bonchev–Trinajstić information content (AvgIpc) is 3.27. The van der Waals surface area contributed by atoms with E-state index in [0.717, 1.165) is 11.1 Å². The Balaban J connectivity index is 1.54. The highest BCUT2D eigenvalue weighted by Crippen LogP contribution is 2.40. The van der Waals surface area contributed by atoms with Crippen LogP contribution in [0.1, 0.15) is 48.9 Å². The van der Waals surface area contributed by atoms with Gasteiger partial charge in [-0.3, -0.25) is 9.59 Å². The summed E-state index contributed by atoms with van der Waals surface area (Å²) >= 11 is 0. The predicted molar refractivity (Wildman–Crippen MR) is 137 cm³/mol. The molecule has 2 aliphatic heterocycles. The van der Waals surface area contributed by atoms with Gasteiger partial charge in [-0.15, -0.1) is 0 Å². The van der Waals surface area contributed by atoms with Gasteiger partial charge in [-0.05, 0) is 42.7 Å². The predicted octanol–water partition coefficient (Wildman–Crippen LogP) is 1.66. The Morgan fingerprint density at radius 3 is 2.58 bits per heavy atom. The van der Waals surface area contributed by atoms with Crippen LogP contribution >= 0.6 is 0 Å². The number of carboxylic acid groups (broad SMARTS) is 2. The van der Waals surface area contributed by atoms with Gasteiger partial charge in [0.1, 0.15) is 18.4 Å².